The lowest BCUT2D eigenvalue weighted by atomic mass is 11.5. The van der Waals surface area contributed by atoms with E-state index < -0.39 is 15.6 Å². The molecule has 0 saturated heterocycles. The summed E-state index contributed by atoms with van der Waals surface area (Å²) in [6.45, 7) is 0. The molecule has 0 rings (SSSR count). The third-order valence-electron chi connectivity index (χ3n) is 0.213. The number of nitrogens with zero attached hydrogens (tertiary/aromatic N) is 1. The van der Waals surface area contributed by atoms with Crippen molar-refractivity contribution in [2.24, 2.45) is 5.73 Å². The first-order valence-corrected chi connectivity index (χ1v) is 5.10. The normalized spacial score (nSPS) is 10.9. The molecule has 0 radical (unpaired) electrons. The minimum atomic E-state index is -5.05. The molecule has 0 amide bonds. The first kappa shape index (κ1) is 14.1. The van der Waals surface area contributed by atoms with Crippen LogP contribution in [-0.2, 0) is 13.4 Å². The van der Waals surface area contributed by atoms with Crippen LogP contribution < -0.4 is 5.73 Å². The lowest BCUT2D eigenvalue weighted by Crippen LogP contribution is -1.84. The van der Waals surface area contributed by atoms with Crippen LogP contribution in [0.15, 0.2) is 0 Å². The van der Waals surface area contributed by atoms with Gasteiger partial charge in [-0.2, -0.15) is 9.57 Å². The molecule has 0 spiro atoms. The summed E-state index contributed by atoms with van der Waals surface area (Å²) < 4.78 is 22.2. The van der Waals surface area contributed by atoms with Gasteiger partial charge in [-0.1, -0.05) is 0 Å². The highest BCUT2D eigenvalue weighted by atomic mass is 31.3. The van der Waals surface area contributed by atoms with Crippen molar-refractivity contribution in [3.05, 3.63) is 0 Å². The molecule has 0 bridgehead atoms. The van der Waals surface area contributed by atoms with Gasteiger partial charge in [-0.3, -0.25) is 0 Å². The maximum atomic E-state index is 9.63. The molecule has 0 aliphatic heterocycles. The average Bonchev–Trinajstić information content (AvgIpc) is 1.53. The van der Waals surface area contributed by atoms with Gasteiger partial charge in [-0.25, -0.2) is 9.13 Å². The summed E-state index contributed by atoms with van der Waals surface area (Å²) in [7, 11) is -10.1. The van der Waals surface area contributed by atoms with Crippen LogP contribution in [0, 0.1) is 11.5 Å². The highest BCUT2D eigenvalue weighted by Gasteiger charge is 2.27. The Labute approximate surface area is 66.9 Å². The van der Waals surface area contributed by atoms with Crippen molar-refractivity contribution in [1.82, 2.24) is 0 Å². The molecule has 0 aliphatic carbocycles. The molecule has 0 aromatic heterocycles. The fourth-order valence-corrected chi connectivity index (χ4v) is 1.25. The van der Waals surface area contributed by atoms with Crippen molar-refractivity contribution in [3.8, 4) is 6.19 Å². The lowest BCUT2D eigenvalue weighted by Gasteiger charge is -2.03. The van der Waals surface area contributed by atoms with Gasteiger partial charge in [0.2, 0.25) is 0 Å². The van der Waals surface area contributed by atoms with Crippen LogP contribution in [0.3, 0.4) is 0 Å². The SMILES string of the molecule is N#CN.O=P(O)(O)OP(=O)(O)O. The van der Waals surface area contributed by atoms with Crippen molar-refractivity contribution in [3.63, 3.8) is 0 Å². The van der Waals surface area contributed by atoms with Crippen LogP contribution in [0.4, 0.5) is 0 Å². The summed E-state index contributed by atoms with van der Waals surface area (Å²) in [6, 6.07) is 0. The molecule has 0 fully saturated rings. The summed E-state index contributed by atoms with van der Waals surface area (Å²) in [5.41, 5.74) is 4.15. The smallest absolute Gasteiger partial charge is 0.337 e. The van der Waals surface area contributed by atoms with Crippen LogP contribution >= 0.6 is 15.6 Å². The number of nitriles is 1. The molecule has 0 atom stereocenters. The van der Waals surface area contributed by atoms with Gasteiger partial charge in [0.05, 0.1) is 0 Å². The summed E-state index contributed by atoms with van der Waals surface area (Å²) in [4.78, 5) is 31.0. The number of hydrogen-bond donors (Lipinski definition) is 5. The Morgan fingerprint density at radius 1 is 1.17 bits per heavy atom. The highest BCUT2D eigenvalue weighted by molar-refractivity contribution is 7.60. The molecule has 11 heteroatoms. The van der Waals surface area contributed by atoms with Gasteiger partial charge < -0.3 is 25.3 Å². The summed E-state index contributed by atoms with van der Waals surface area (Å²) in [6.07, 6.45) is 1.25. The van der Waals surface area contributed by atoms with Gasteiger partial charge in [-0.05, 0) is 0 Å². The van der Waals surface area contributed by atoms with E-state index in [2.05, 4.69) is 10.0 Å². The first-order chi connectivity index (χ1) is 5.12. The molecule has 0 unspecified atom stereocenters. The van der Waals surface area contributed by atoms with Crippen LogP contribution in [0.25, 0.3) is 0 Å². The zero-order valence-corrected chi connectivity index (χ0v) is 7.22. The van der Waals surface area contributed by atoms with Crippen molar-refractivity contribution in [2.45, 2.75) is 0 Å². The molecular weight excluding hydrogens is 214 g/mol. The zero-order chi connectivity index (χ0) is 10.4. The fraction of sp³-hybridized carbons (Fsp3) is 0. The van der Waals surface area contributed by atoms with E-state index in [1.54, 1.807) is 0 Å². The van der Waals surface area contributed by atoms with E-state index >= 15 is 0 Å². The van der Waals surface area contributed by atoms with E-state index in [0.717, 1.165) is 0 Å². The van der Waals surface area contributed by atoms with E-state index in [9.17, 15) is 9.13 Å². The number of nitrogens with two attached hydrogens (primary N) is 1. The fourth-order valence-electron chi connectivity index (χ4n) is 0.139. The van der Waals surface area contributed by atoms with Gasteiger partial charge in [0.1, 0.15) is 0 Å². The second kappa shape index (κ2) is 5.24. The van der Waals surface area contributed by atoms with Crippen molar-refractivity contribution in [2.75, 3.05) is 0 Å². The minimum Gasteiger partial charge on any atom is -0.337 e. The van der Waals surface area contributed by atoms with E-state index in [4.69, 9.17) is 24.8 Å². The van der Waals surface area contributed by atoms with Gasteiger partial charge in [0.15, 0.2) is 6.19 Å². The lowest BCUT2D eigenvalue weighted by molar-refractivity contribution is 0.225. The van der Waals surface area contributed by atoms with Crippen LogP contribution in [0.1, 0.15) is 0 Å². The molecule has 0 aromatic carbocycles. The van der Waals surface area contributed by atoms with Crippen molar-refractivity contribution < 1.29 is 33.0 Å². The largest absolute Gasteiger partial charge is 0.478 e. The Morgan fingerprint density at radius 2 is 1.33 bits per heavy atom. The molecule has 0 aliphatic rings. The number of rotatable bonds is 2. The van der Waals surface area contributed by atoms with E-state index in [-0.39, 0.29) is 0 Å². The van der Waals surface area contributed by atoms with Crippen molar-refractivity contribution in [1.29, 1.82) is 5.26 Å². The zero-order valence-electron chi connectivity index (χ0n) is 5.43. The highest BCUT2D eigenvalue weighted by Crippen LogP contribution is 2.53. The number of phosphoric acid groups is 2. The second-order valence-corrected chi connectivity index (χ2v) is 3.81. The third kappa shape index (κ3) is 22.7. The standard InChI is InChI=1S/CH2N2.H4O7P2/c2-1-3;1-8(2,3)7-9(4,5)6/h2H2;(H2,1,2,3)(H2,4,5,6). The van der Waals surface area contributed by atoms with Gasteiger partial charge in [0, 0.05) is 0 Å². The molecule has 0 aromatic rings. The van der Waals surface area contributed by atoms with Crippen LogP contribution in [-0.4, -0.2) is 19.6 Å². The quantitative estimate of drug-likeness (QED) is 0.213. The third-order valence-corrected chi connectivity index (χ3v) is 1.91. The monoisotopic (exact) mass is 220 g/mol. The molecule has 72 valence electrons. The van der Waals surface area contributed by atoms with Crippen LogP contribution in [0.5, 0.6) is 0 Å². The van der Waals surface area contributed by atoms with Crippen molar-refractivity contribution >= 4 is 15.6 Å². The van der Waals surface area contributed by atoms with E-state index in [1.165, 1.54) is 6.19 Å². The Bertz CT molecular complexity index is 223. The Balaban J connectivity index is 0. The topological polar surface area (TPSA) is 174 Å². The average molecular weight is 220 g/mol. The van der Waals surface area contributed by atoms with Gasteiger partial charge in [-0.15, -0.1) is 0 Å². The molecule has 9 nitrogen and oxygen atoms in total. The maximum Gasteiger partial charge on any atom is 0.478 e. The van der Waals surface area contributed by atoms with Gasteiger partial charge in [0.25, 0.3) is 0 Å². The predicted octanol–water partition coefficient (Wildman–Crippen LogP) is -1.39. The maximum absolute atomic E-state index is 9.63. The molecule has 0 heterocycles. The van der Waals surface area contributed by atoms with Gasteiger partial charge >= 0.3 is 15.6 Å². The predicted molar refractivity (Wildman–Crippen MR) is 35.0 cm³/mol. The summed E-state index contributed by atoms with van der Waals surface area (Å²) in [5.74, 6) is 0. The Kier molecular flexibility index (Phi) is 6.16. The van der Waals surface area contributed by atoms with E-state index in [1.807, 2.05) is 0 Å². The summed E-state index contributed by atoms with van der Waals surface area (Å²) >= 11 is 0. The molecule has 0 saturated carbocycles. The number of hydrogen-bond acceptors (Lipinski definition) is 5. The minimum absolute atomic E-state index is 1.25. The summed E-state index contributed by atoms with van der Waals surface area (Å²) in [5, 5.41) is 7.10. The van der Waals surface area contributed by atoms with E-state index in [0.29, 0.717) is 0 Å². The molecule has 12 heavy (non-hydrogen) atoms. The van der Waals surface area contributed by atoms with Crippen LogP contribution in [0.2, 0.25) is 0 Å². The molecule has 6 N–H and O–H groups in total. The second-order valence-electron chi connectivity index (χ2n) is 1.19. The Hall–Kier alpha value is -0.450. The molecular formula is CH6N2O7P2. The Morgan fingerprint density at radius 3 is 1.33 bits per heavy atom. The first-order valence-electron chi connectivity index (χ1n) is 2.04.